The molecular weight excluding hydrogens is 390 g/mol. The lowest BCUT2D eigenvalue weighted by Crippen LogP contribution is -1.96. The van der Waals surface area contributed by atoms with E-state index in [1.165, 1.54) is 0 Å². The van der Waals surface area contributed by atoms with Crippen molar-refractivity contribution < 1.29 is 0 Å². The molecule has 0 fully saturated rings. The van der Waals surface area contributed by atoms with Gasteiger partial charge in [0.2, 0.25) is 0 Å². The van der Waals surface area contributed by atoms with Crippen LogP contribution in [0.4, 0.5) is 0 Å². The average molecular weight is 399 g/mol. The molecule has 0 aromatic heterocycles. The summed E-state index contributed by atoms with van der Waals surface area (Å²) in [4.78, 5) is 0. The molecule has 0 aliphatic carbocycles. The molecule has 0 radical (unpaired) electrons. The predicted molar refractivity (Wildman–Crippen MR) is 87.9 cm³/mol. The van der Waals surface area contributed by atoms with E-state index in [-0.39, 0.29) is 5.38 Å². The number of benzene rings is 2. The van der Waals surface area contributed by atoms with E-state index in [4.69, 9.17) is 46.4 Å². The Balaban J connectivity index is 2.20. The second-order valence-corrected chi connectivity index (χ2v) is 6.82. The van der Waals surface area contributed by atoms with Gasteiger partial charge in [-0.25, -0.2) is 0 Å². The molecule has 1 unspecified atom stereocenters. The number of halogens is 5. The fourth-order valence-corrected chi connectivity index (χ4v) is 3.26. The Labute approximate surface area is 140 Å². The summed E-state index contributed by atoms with van der Waals surface area (Å²) in [6, 6.07) is 11.2. The molecule has 0 saturated carbocycles. The maximum Gasteiger partial charge on any atom is 0.0626 e. The monoisotopic (exact) mass is 396 g/mol. The van der Waals surface area contributed by atoms with Gasteiger partial charge >= 0.3 is 0 Å². The van der Waals surface area contributed by atoms with E-state index in [1.807, 2.05) is 30.3 Å². The Kier molecular flexibility index (Phi) is 5.45. The van der Waals surface area contributed by atoms with E-state index in [2.05, 4.69) is 15.9 Å². The molecule has 19 heavy (non-hydrogen) atoms. The van der Waals surface area contributed by atoms with Gasteiger partial charge in [-0.3, -0.25) is 0 Å². The second kappa shape index (κ2) is 6.69. The van der Waals surface area contributed by atoms with E-state index in [9.17, 15) is 0 Å². The van der Waals surface area contributed by atoms with Crippen LogP contribution in [0.15, 0.2) is 40.9 Å². The van der Waals surface area contributed by atoms with Gasteiger partial charge in [0.25, 0.3) is 0 Å². The summed E-state index contributed by atoms with van der Waals surface area (Å²) in [6.07, 6.45) is 0.658. The van der Waals surface area contributed by atoms with Crippen molar-refractivity contribution in [3.63, 3.8) is 0 Å². The van der Waals surface area contributed by atoms with Crippen LogP contribution in [0.2, 0.25) is 15.1 Å². The molecule has 2 aromatic rings. The van der Waals surface area contributed by atoms with Crippen molar-refractivity contribution in [2.75, 3.05) is 0 Å². The molecule has 0 nitrogen and oxygen atoms in total. The van der Waals surface area contributed by atoms with E-state index in [1.54, 1.807) is 6.07 Å². The molecule has 0 aliphatic heterocycles. The van der Waals surface area contributed by atoms with E-state index >= 15 is 0 Å². The molecule has 0 aliphatic rings. The van der Waals surface area contributed by atoms with Gasteiger partial charge in [0, 0.05) is 9.50 Å². The fourth-order valence-electron chi connectivity index (χ4n) is 1.75. The quantitative estimate of drug-likeness (QED) is 0.491. The molecule has 0 saturated heterocycles. The zero-order chi connectivity index (χ0) is 14.0. The Morgan fingerprint density at radius 1 is 0.947 bits per heavy atom. The van der Waals surface area contributed by atoms with E-state index in [0.717, 1.165) is 15.6 Å². The van der Waals surface area contributed by atoms with Crippen LogP contribution in [0, 0.1) is 0 Å². The van der Waals surface area contributed by atoms with Crippen LogP contribution in [-0.2, 0) is 6.42 Å². The highest BCUT2D eigenvalue weighted by Crippen LogP contribution is 2.31. The zero-order valence-corrected chi connectivity index (χ0v) is 14.2. The first kappa shape index (κ1) is 15.5. The van der Waals surface area contributed by atoms with Crippen molar-refractivity contribution in [3.8, 4) is 0 Å². The second-order valence-electron chi connectivity index (χ2n) is 4.12. The van der Waals surface area contributed by atoms with E-state index in [0.29, 0.717) is 21.5 Å². The number of hydrogen-bond donors (Lipinski definition) is 0. The van der Waals surface area contributed by atoms with Gasteiger partial charge < -0.3 is 0 Å². The molecule has 1 atom stereocenters. The van der Waals surface area contributed by atoms with Gasteiger partial charge in [0.15, 0.2) is 0 Å². The highest BCUT2D eigenvalue weighted by atomic mass is 79.9. The average Bonchev–Trinajstić information content (AvgIpc) is 2.32. The predicted octanol–water partition coefficient (Wildman–Crippen LogP) is 6.93. The van der Waals surface area contributed by atoms with Crippen LogP contribution in [0.3, 0.4) is 0 Å². The molecule has 0 N–H and O–H groups in total. The molecule has 0 amide bonds. The SMILES string of the molecule is Clc1cc(Br)cc(C(Cl)Cc2ccc(Cl)c(Cl)c2)c1. The summed E-state index contributed by atoms with van der Waals surface area (Å²) in [5, 5.41) is 1.56. The summed E-state index contributed by atoms with van der Waals surface area (Å²) < 4.78 is 0.912. The third-order valence-corrected chi connectivity index (χ3v) is 4.47. The molecular formula is C14H9BrCl4. The van der Waals surface area contributed by atoms with Crippen molar-refractivity contribution in [2.45, 2.75) is 11.8 Å². The molecule has 2 rings (SSSR count). The van der Waals surface area contributed by atoms with Gasteiger partial charge in [-0.1, -0.05) is 56.8 Å². The smallest absolute Gasteiger partial charge is 0.0626 e. The third-order valence-electron chi connectivity index (χ3n) is 2.65. The van der Waals surface area contributed by atoms with Crippen molar-refractivity contribution in [3.05, 3.63) is 67.1 Å². The lowest BCUT2D eigenvalue weighted by Gasteiger charge is -2.11. The Bertz CT molecular complexity index is 578. The maximum atomic E-state index is 6.42. The fraction of sp³-hybridized carbons (Fsp3) is 0.143. The third kappa shape index (κ3) is 4.27. The van der Waals surface area contributed by atoms with E-state index < -0.39 is 0 Å². The van der Waals surface area contributed by atoms with Crippen LogP contribution in [-0.4, -0.2) is 0 Å². The summed E-state index contributed by atoms with van der Waals surface area (Å²) in [7, 11) is 0. The number of alkyl halides is 1. The Morgan fingerprint density at radius 2 is 1.68 bits per heavy atom. The standard InChI is InChI=1S/C14H9BrCl4/c15-10-5-9(6-11(16)7-10)13(18)3-8-1-2-12(17)14(19)4-8/h1-2,4-7,13H,3H2. The minimum Gasteiger partial charge on any atom is -0.117 e. The van der Waals surface area contributed by atoms with Gasteiger partial charge in [-0.15, -0.1) is 11.6 Å². The van der Waals surface area contributed by atoms with Crippen LogP contribution >= 0.6 is 62.3 Å². The Morgan fingerprint density at radius 3 is 2.32 bits per heavy atom. The molecule has 0 heterocycles. The van der Waals surface area contributed by atoms with Gasteiger partial charge in [-0.2, -0.15) is 0 Å². The van der Waals surface area contributed by atoms with Gasteiger partial charge in [-0.05, 0) is 47.9 Å². The Hall–Kier alpha value is 0.0800. The summed E-state index contributed by atoms with van der Waals surface area (Å²) >= 11 is 27.7. The lowest BCUT2D eigenvalue weighted by atomic mass is 10.0. The first-order chi connectivity index (χ1) is 8.95. The molecule has 0 spiro atoms. The van der Waals surface area contributed by atoms with Crippen LogP contribution < -0.4 is 0 Å². The van der Waals surface area contributed by atoms with Crippen molar-refractivity contribution in [2.24, 2.45) is 0 Å². The molecule has 0 bridgehead atoms. The van der Waals surface area contributed by atoms with Gasteiger partial charge in [0.05, 0.1) is 15.4 Å². The van der Waals surface area contributed by atoms with Crippen molar-refractivity contribution >= 4 is 62.3 Å². The van der Waals surface area contributed by atoms with Crippen molar-refractivity contribution in [1.82, 2.24) is 0 Å². The molecule has 2 aromatic carbocycles. The summed E-state index contributed by atoms with van der Waals surface area (Å²) in [5.41, 5.74) is 2.00. The normalized spacial score (nSPS) is 12.5. The highest BCUT2D eigenvalue weighted by molar-refractivity contribution is 9.10. The van der Waals surface area contributed by atoms with Crippen molar-refractivity contribution in [1.29, 1.82) is 0 Å². The number of rotatable bonds is 3. The van der Waals surface area contributed by atoms with Gasteiger partial charge in [0.1, 0.15) is 0 Å². The largest absolute Gasteiger partial charge is 0.117 e. The summed E-state index contributed by atoms with van der Waals surface area (Å²) in [6.45, 7) is 0. The number of hydrogen-bond acceptors (Lipinski definition) is 0. The zero-order valence-electron chi connectivity index (χ0n) is 9.64. The lowest BCUT2D eigenvalue weighted by molar-refractivity contribution is 0.919. The maximum absolute atomic E-state index is 6.42. The van der Waals surface area contributed by atoms with Crippen LogP contribution in [0.1, 0.15) is 16.5 Å². The molecule has 100 valence electrons. The first-order valence-corrected chi connectivity index (χ1v) is 7.86. The topological polar surface area (TPSA) is 0 Å². The minimum atomic E-state index is -0.174. The summed E-state index contributed by atoms with van der Waals surface area (Å²) in [5.74, 6) is 0. The minimum absolute atomic E-state index is 0.174. The van der Waals surface area contributed by atoms with Crippen LogP contribution in [0.25, 0.3) is 0 Å². The highest BCUT2D eigenvalue weighted by Gasteiger charge is 2.11. The molecule has 5 heteroatoms. The first-order valence-electron chi connectivity index (χ1n) is 5.49. The van der Waals surface area contributed by atoms with Crippen LogP contribution in [0.5, 0.6) is 0 Å².